The molecule has 3 heteroatoms. The highest BCUT2D eigenvalue weighted by Gasteiger charge is 2.32. The molecule has 0 aromatic rings. The van der Waals surface area contributed by atoms with E-state index in [1.54, 1.807) is 0 Å². The Balaban J connectivity index is 2.71. The molecular formula is C17H33N3. The normalized spacial score (nSPS) is 21.1. The van der Waals surface area contributed by atoms with Crippen LogP contribution in [0.15, 0.2) is 0 Å². The highest BCUT2D eigenvalue weighted by atomic mass is 15.2. The predicted octanol–water partition coefficient (Wildman–Crippen LogP) is 3.56. The Hall–Kier alpha value is -0.590. The van der Waals surface area contributed by atoms with E-state index >= 15 is 0 Å². The number of hydrogen-bond acceptors (Lipinski definition) is 3. The van der Waals surface area contributed by atoms with E-state index in [1.807, 2.05) is 6.92 Å². The first-order valence-corrected chi connectivity index (χ1v) is 8.34. The third-order valence-corrected chi connectivity index (χ3v) is 4.45. The standard InChI is InChI=1S/C17H33N3/c1-6-19-17(5,13-18)11-15(4)20(12-14(2)3)16-9-7-8-10-16/h14-16,19H,6-12H2,1-5H3. The van der Waals surface area contributed by atoms with Crippen LogP contribution in [0.2, 0.25) is 0 Å². The zero-order valence-corrected chi connectivity index (χ0v) is 14.1. The Kier molecular flexibility index (Phi) is 6.99. The van der Waals surface area contributed by atoms with Gasteiger partial charge < -0.3 is 0 Å². The Morgan fingerprint density at radius 3 is 2.35 bits per heavy atom. The van der Waals surface area contributed by atoms with Crippen molar-refractivity contribution in [3.63, 3.8) is 0 Å². The fraction of sp³-hybridized carbons (Fsp3) is 0.941. The van der Waals surface area contributed by atoms with Gasteiger partial charge in [-0.15, -0.1) is 0 Å². The van der Waals surface area contributed by atoms with Gasteiger partial charge in [0, 0.05) is 18.6 Å². The van der Waals surface area contributed by atoms with Crippen molar-refractivity contribution in [3.05, 3.63) is 0 Å². The topological polar surface area (TPSA) is 39.1 Å². The molecule has 1 fully saturated rings. The van der Waals surface area contributed by atoms with Crippen LogP contribution in [0.3, 0.4) is 0 Å². The molecule has 0 saturated heterocycles. The van der Waals surface area contributed by atoms with E-state index in [2.05, 4.69) is 44.0 Å². The van der Waals surface area contributed by atoms with Crippen molar-refractivity contribution in [2.45, 2.75) is 84.3 Å². The Bertz CT molecular complexity index is 315. The van der Waals surface area contributed by atoms with Crippen molar-refractivity contribution < 1.29 is 0 Å². The molecule has 20 heavy (non-hydrogen) atoms. The molecule has 3 nitrogen and oxygen atoms in total. The van der Waals surface area contributed by atoms with Gasteiger partial charge in [0.05, 0.1) is 6.07 Å². The molecule has 2 atom stereocenters. The van der Waals surface area contributed by atoms with E-state index in [0.717, 1.165) is 25.6 Å². The maximum Gasteiger partial charge on any atom is 0.105 e. The molecule has 0 spiro atoms. The number of rotatable bonds is 8. The Morgan fingerprint density at radius 2 is 1.90 bits per heavy atom. The fourth-order valence-corrected chi connectivity index (χ4v) is 3.60. The van der Waals surface area contributed by atoms with Crippen LogP contribution in [0.4, 0.5) is 0 Å². The van der Waals surface area contributed by atoms with E-state index in [4.69, 9.17) is 0 Å². The second kappa shape index (κ2) is 8.00. The Morgan fingerprint density at radius 1 is 1.30 bits per heavy atom. The van der Waals surface area contributed by atoms with Crippen LogP contribution in [0.5, 0.6) is 0 Å². The van der Waals surface area contributed by atoms with Crippen LogP contribution in [0.1, 0.15) is 66.7 Å². The average molecular weight is 279 g/mol. The van der Waals surface area contributed by atoms with Crippen molar-refractivity contribution in [3.8, 4) is 6.07 Å². The molecular weight excluding hydrogens is 246 g/mol. The molecule has 0 aromatic carbocycles. The van der Waals surface area contributed by atoms with E-state index in [0.29, 0.717) is 12.0 Å². The third-order valence-electron chi connectivity index (χ3n) is 4.45. The summed E-state index contributed by atoms with van der Waals surface area (Å²) in [5, 5.41) is 12.8. The number of nitrogens with zero attached hydrogens (tertiary/aromatic N) is 2. The molecule has 0 heterocycles. The van der Waals surface area contributed by atoms with Gasteiger partial charge in [-0.1, -0.05) is 33.6 Å². The average Bonchev–Trinajstić information content (AvgIpc) is 2.89. The first kappa shape index (κ1) is 17.5. The fourth-order valence-electron chi connectivity index (χ4n) is 3.60. The van der Waals surface area contributed by atoms with Crippen molar-refractivity contribution in [2.24, 2.45) is 5.92 Å². The molecule has 0 radical (unpaired) electrons. The summed E-state index contributed by atoms with van der Waals surface area (Å²) in [6.45, 7) is 13.0. The van der Waals surface area contributed by atoms with E-state index in [1.165, 1.54) is 25.7 Å². The maximum absolute atomic E-state index is 9.46. The van der Waals surface area contributed by atoms with Gasteiger partial charge in [-0.3, -0.25) is 10.2 Å². The molecule has 2 unspecified atom stereocenters. The predicted molar refractivity (Wildman–Crippen MR) is 85.6 cm³/mol. The minimum absolute atomic E-state index is 0.401. The van der Waals surface area contributed by atoms with Gasteiger partial charge >= 0.3 is 0 Å². The van der Waals surface area contributed by atoms with Gasteiger partial charge in [-0.2, -0.15) is 5.26 Å². The van der Waals surface area contributed by atoms with Crippen LogP contribution in [-0.2, 0) is 0 Å². The van der Waals surface area contributed by atoms with Gasteiger partial charge in [0.25, 0.3) is 0 Å². The van der Waals surface area contributed by atoms with Crippen LogP contribution in [0, 0.1) is 17.2 Å². The summed E-state index contributed by atoms with van der Waals surface area (Å²) in [5.74, 6) is 0.686. The largest absolute Gasteiger partial charge is 0.300 e. The van der Waals surface area contributed by atoms with Gasteiger partial charge in [0.15, 0.2) is 0 Å². The van der Waals surface area contributed by atoms with Crippen molar-refractivity contribution in [1.82, 2.24) is 10.2 Å². The lowest BCUT2D eigenvalue weighted by molar-refractivity contribution is 0.108. The zero-order chi connectivity index (χ0) is 15.2. The smallest absolute Gasteiger partial charge is 0.105 e. The lowest BCUT2D eigenvalue weighted by atomic mass is 9.93. The molecule has 1 aliphatic rings. The molecule has 116 valence electrons. The van der Waals surface area contributed by atoms with Crippen LogP contribution in [0.25, 0.3) is 0 Å². The zero-order valence-electron chi connectivity index (χ0n) is 14.1. The quantitative estimate of drug-likeness (QED) is 0.738. The van der Waals surface area contributed by atoms with Gasteiger partial charge in [0.1, 0.15) is 5.54 Å². The number of hydrogen-bond donors (Lipinski definition) is 1. The molecule has 1 N–H and O–H groups in total. The van der Waals surface area contributed by atoms with Crippen LogP contribution >= 0.6 is 0 Å². The summed E-state index contributed by atoms with van der Waals surface area (Å²) >= 11 is 0. The van der Waals surface area contributed by atoms with E-state index in [9.17, 15) is 5.26 Å². The van der Waals surface area contributed by atoms with E-state index in [-0.39, 0.29) is 0 Å². The molecule has 0 aliphatic heterocycles. The molecule has 1 aliphatic carbocycles. The molecule has 0 bridgehead atoms. The first-order chi connectivity index (χ1) is 9.41. The lowest BCUT2D eigenvalue weighted by Gasteiger charge is -2.39. The summed E-state index contributed by atoms with van der Waals surface area (Å²) in [6.07, 6.45) is 6.31. The lowest BCUT2D eigenvalue weighted by Crippen LogP contribution is -2.50. The van der Waals surface area contributed by atoms with Gasteiger partial charge in [-0.25, -0.2) is 0 Å². The van der Waals surface area contributed by atoms with Crippen LogP contribution < -0.4 is 5.32 Å². The Labute approximate surface area is 125 Å². The monoisotopic (exact) mass is 279 g/mol. The minimum Gasteiger partial charge on any atom is -0.300 e. The first-order valence-electron chi connectivity index (χ1n) is 8.34. The second-order valence-corrected chi connectivity index (χ2v) is 7.06. The summed E-state index contributed by atoms with van der Waals surface area (Å²) in [4.78, 5) is 2.67. The summed E-state index contributed by atoms with van der Waals surface area (Å²) in [6, 6.07) is 3.67. The highest BCUT2D eigenvalue weighted by Crippen LogP contribution is 2.28. The second-order valence-electron chi connectivity index (χ2n) is 7.06. The maximum atomic E-state index is 9.46. The molecule has 0 aromatic heterocycles. The SMILES string of the molecule is CCNC(C)(C#N)CC(C)N(CC(C)C)C1CCCC1. The summed E-state index contributed by atoms with van der Waals surface area (Å²) < 4.78 is 0. The molecule has 1 rings (SSSR count). The summed E-state index contributed by atoms with van der Waals surface area (Å²) in [7, 11) is 0. The number of nitrogens with one attached hydrogen (secondary N) is 1. The molecule has 1 saturated carbocycles. The third kappa shape index (κ3) is 5.07. The van der Waals surface area contributed by atoms with Crippen molar-refractivity contribution >= 4 is 0 Å². The number of nitriles is 1. The van der Waals surface area contributed by atoms with Crippen molar-refractivity contribution in [1.29, 1.82) is 5.26 Å². The summed E-state index contributed by atoms with van der Waals surface area (Å²) in [5.41, 5.74) is -0.401. The minimum atomic E-state index is -0.401. The van der Waals surface area contributed by atoms with Gasteiger partial charge in [-0.05, 0) is 45.6 Å². The van der Waals surface area contributed by atoms with Gasteiger partial charge in [0.2, 0.25) is 0 Å². The van der Waals surface area contributed by atoms with Crippen LogP contribution in [-0.4, -0.2) is 35.6 Å². The molecule has 0 amide bonds. The van der Waals surface area contributed by atoms with Crippen molar-refractivity contribution in [2.75, 3.05) is 13.1 Å². The van der Waals surface area contributed by atoms with E-state index < -0.39 is 5.54 Å². The highest BCUT2D eigenvalue weighted by molar-refractivity contribution is 5.05.